The standard InChI is InChI=1S/C17H19N3O/c1-11-4-3-5-13(10-11)12(2)20-15-7-8-16(18)19-14(15)6-9-17(20)21/h3-5,7-8,10,12H,6,9H2,1-2H3,(H2,18,19). The van der Waals surface area contributed by atoms with Crippen LogP contribution < -0.4 is 10.6 Å². The SMILES string of the molecule is Cc1cccc(C(C)N2C(=O)CCc3nc(N)ccc32)c1. The highest BCUT2D eigenvalue weighted by Crippen LogP contribution is 2.34. The third kappa shape index (κ3) is 2.49. The molecule has 1 aromatic carbocycles. The molecule has 0 radical (unpaired) electrons. The van der Waals surface area contributed by atoms with Crippen LogP contribution in [-0.4, -0.2) is 10.9 Å². The zero-order valence-electron chi connectivity index (χ0n) is 12.3. The first-order chi connectivity index (χ1) is 10.1. The zero-order chi connectivity index (χ0) is 15.0. The molecule has 108 valence electrons. The van der Waals surface area contributed by atoms with E-state index in [0.717, 1.165) is 16.9 Å². The second-order valence-electron chi connectivity index (χ2n) is 5.56. The maximum absolute atomic E-state index is 12.4. The van der Waals surface area contributed by atoms with Gasteiger partial charge >= 0.3 is 0 Å². The predicted octanol–water partition coefficient (Wildman–Crippen LogP) is 3.01. The third-order valence-electron chi connectivity index (χ3n) is 3.99. The molecule has 21 heavy (non-hydrogen) atoms. The van der Waals surface area contributed by atoms with Gasteiger partial charge in [0.15, 0.2) is 0 Å². The molecule has 0 saturated heterocycles. The summed E-state index contributed by atoms with van der Waals surface area (Å²) in [7, 11) is 0. The van der Waals surface area contributed by atoms with E-state index in [4.69, 9.17) is 5.73 Å². The molecule has 0 bridgehead atoms. The molecule has 2 N–H and O–H groups in total. The zero-order valence-corrected chi connectivity index (χ0v) is 12.3. The molecule has 1 aliphatic rings. The number of benzene rings is 1. The van der Waals surface area contributed by atoms with Gasteiger partial charge < -0.3 is 10.6 Å². The first kappa shape index (κ1) is 13.6. The number of nitrogens with two attached hydrogens (primary N) is 1. The maximum Gasteiger partial charge on any atom is 0.228 e. The Balaban J connectivity index is 2.03. The Bertz CT molecular complexity index is 696. The minimum absolute atomic E-state index is 0.0122. The number of nitrogens with zero attached hydrogens (tertiary/aromatic N) is 2. The van der Waals surface area contributed by atoms with Crippen LogP contribution in [0.15, 0.2) is 36.4 Å². The number of aryl methyl sites for hydroxylation is 2. The molecule has 0 fully saturated rings. The first-order valence-corrected chi connectivity index (χ1v) is 7.20. The molecule has 3 rings (SSSR count). The molecule has 1 aliphatic heterocycles. The van der Waals surface area contributed by atoms with Crippen LogP contribution in [0, 0.1) is 6.92 Å². The average molecular weight is 281 g/mol. The molecule has 1 amide bonds. The van der Waals surface area contributed by atoms with Gasteiger partial charge in [0.25, 0.3) is 0 Å². The van der Waals surface area contributed by atoms with Gasteiger partial charge in [0.05, 0.1) is 17.4 Å². The summed E-state index contributed by atoms with van der Waals surface area (Å²) in [6.45, 7) is 4.11. The van der Waals surface area contributed by atoms with Gasteiger partial charge in [0.1, 0.15) is 5.82 Å². The highest BCUT2D eigenvalue weighted by Gasteiger charge is 2.29. The van der Waals surface area contributed by atoms with E-state index in [-0.39, 0.29) is 11.9 Å². The fourth-order valence-electron chi connectivity index (χ4n) is 2.90. The fourth-order valence-corrected chi connectivity index (χ4v) is 2.90. The molecule has 1 unspecified atom stereocenters. The van der Waals surface area contributed by atoms with Crippen LogP contribution >= 0.6 is 0 Å². The average Bonchev–Trinajstić information content (AvgIpc) is 2.47. The molecule has 1 atom stereocenters. The number of hydrogen-bond donors (Lipinski definition) is 1. The number of aromatic nitrogens is 1. The predicted molar refractivity (Wildman–Crippen MR) is 84.1 cm³/mol. The van der Waals surface area contributed by atoms with Crippen LogP contribution in [0.5, 0.6) is 0 Å². The summed E-state index contributed by atoms with van der Waals surface area (Å²) in [4.78, 5) is 18.6. The first-order valence-electron chi connectivity index (χ1n) is 7.20. The molecule has 0 aliphatic carbocycles. The quantitative estimate of drug-likeness (QED) is 0.920. The van der Waals surface area contributed by atoms with E-state index in [9.17, 15) is 4.79 Å². The number of amides is 1. The Morgan fingerprint density at radius 2 is 2.05 bits per heavy atom. The minimum atomic E-state index is -0.0122. The lowest BCUT2D eigenvalue weighted by molar-refractivity contribution is -0.119. The van der Waals surface area contributed by atoms with Crippen molar-refractivity contribution in [3.05, 3.63) is 53.2 Å². The van der Waals surface area contributed by atoms with Gasteiger partial charge in [0, 0.05) is 12.8 Å². The van der Waals surface area contributed by atoms with Crippen molar-refractivity contribution in [1.82, 2.24) is 4.98 Å². The molecular formula is C17H19N3O. The molecule has 4 heteroatoms. The number of rotatable bonds is 2. The van der Waals surface area contributed by atoms with Crippen molar-refractivity contribution in [2.45, 2.75) is 32.7 Å². The topological polar surface area (TPSA) is 59.2 Å². The number of fused-ring (bicyclic) bond motifs is 1. The highest BCUT2D eigenvalue weighted by atomic mass is 16.2. The summed E-state index contributed by atoms with van der Waals surface area (Å²) in [6, 6.07) is 11.9. The van der Waals surface area contributed by atoms with Crippen LogP contribution in [0.3, 0.4) is 0 Å². The van der Waals surface area contributed by atoms with E-state index in [1.165, 1.54) is 5.56 Å². The van der Waals surface area contributed by atoms with Gasteiger partial charge in [-0.3, -0.25) is 4.79 Å². The largest absolute Gasteiger partial charge is 0.384 e. The summed E-state index contributed by atoms with van der Waals surface area (Å²) in [5.41, 5.74) is 9.88. The van der Waals surface area contributed by atoms with Gasteiger partial charge in [-0.2, -0.15) is 0 Å². The number of carbonyl (C=O) groups excluding carboxylic acids is 1. The molecular weight excluding hydrogens is 262 g/mol. The Morgan fingerprint density at radius 1 is 1.24 bits per heavy atom. The third-order valence-corrected chi connectivity index (χ3v) is 3.99. The number of carbonyl (C=O) groups is 1. The van der Waals surface area contributed by atoms with E-state index in [0.29, 0.717) is 18.7 Å². The lowest BCUT2D eigenvalue weighted by Crippen LogP contribution is -2.37. The summed E-state index contributed by atoms with van der Waals surface area (Å²) < 4.78 is 0. The van der Waals surface area contributed by atoms with Crippen molar-refractivity contribution in [3.63, 3.8) is 0 Å². The van der Waals surface area contributed by atoms with Crippen molar-refractivity contribution in [2.24, 2.45) is 0 Å². The van der Waals surface area contributed by atoms with Gasteiger partial charge in [0.2, 0.25) is 5.91 Å². The fraction of sp³-hybridized carbons (Fsp3) is 0.294. The van der Waals surface area contributed by atoms with Crippen molar-refractivity contribution in [1.29, 1.82) is 0 Å². The molecule has 4 nitrogen and oxygen atoms in total. The number of nitrogen functional groups attached to an aromatic ring is 1. The summed E-state index contributed by atoms with van der Waals surface area (Å²) >= 11 is 0. The van der Waals surface area contributed by atoms with E-state index < -0.39 is 0 Å². The van der Waals surface area contributed by atoms with Gasteiger partial charge in [-0.05, 0) is 31.5 Å². The van der Waals surface area contributed by atoms with Crippen LogP contribution in [-0.2, 0) is 11.2 Å². The van der Waals surface area contributed by atoms with E-state index in [1.807, 2.05) is 17.0 Å². The lowest BCUT2D eigenvalue weighted by atomic mass is 9.99. The maximum atomic E-state index is 12.4. The van der Waals surface area contributed by atoms with E-state index in [2.05, 4.69) is 37.0 Å². The van der Waals surface area contributed by atoms with Crippen molar-refractivity contribution >= 4 is 17.4 Å². The van der Waals surface area contributed by atoms with Crippen LogP contribution in [0.25, 0.3) is 0 Å². The van der Waals surface area contributed by atoms with Crippen molar-refractivity contribution in [3.8, 4) is 0 Å². The van der Waals surface area contributed by atoms with Gasteiger partial charge in [-0.25, -0.2) is 4.98 Å². The summed E-state index contributed by atoms with van der Waals surface area (Å²) in [5, 5.41) is 0. The van der Waals surface area contributed by atoms with Crippen LogP contribution in [0.2, 0.25) is 0 Å². The normalized spacial score (nSPS) is 15.7. The molecule has 2 aromatic rings. The summed E-state index contributed by atoms with van der Waals surface area (Å²) in [6.07, 6.45) is 1.15. The summed E-state index contributed by atoms with van der Waals surface area (Å²) in [5.74, 6) is 0.648. The van der Waals surface area contributed by atoms with Crippen molar-refractivity contribution in [2.75, 3.05) is 10.6 Å². The second kappa shape index (κ2) is 5.20. The van der Waals surface area contributed by atoms with E-state index in [1.54, 1.807) is 6.07 Å². The highest BCUT2D eigenvalue weighted by molar-refractivity contribution is 5.96. The lowest BCUT2D eigenvalue weighted by Gasteiger charge is -2.34. The molecule has 0 spiro atoms. The Kier molecular flexibility index (Phi) is 3.37. The second-order valence-corrected chi connectivity index (χ2v) is 5.56. The molecule has 2 heterocycles. The van der Waals surface area contributed by atoms with Gasteiger partial charge in [-0.15, -0.1) is 0 Å². The van der Waals surface area contributed by atoms with Gasteiger partial charge in [-0.1, -0.05) is 29.8 Å². The number of hydrogen-bond acceptors (Lipinski definition) is 3. The number of pyridine rings is 1. The number of anilines is 2. The minimum Gasteiger partial charge on any atom is -0.384 e. The Morgan fingerprint density at radius 3 is 2.81 bits per heavy atom. The van der Waals surface area contributed by atoms with Crippen LogP contribution in [0.4, 0.5) is 11.5 Å². The molecule has 1 aromatic heterocycles. The Labute approximate surface area is 124 Å². The monoisotopic (exact) mass is 281 g/mol. The van der Waals surface area contributed by atoms with Crippen LogP contribution in [0.1, 0.15) is 36.2 Å². The Hall–Kier alpha value is -2.36. The van der Waals surface area contributed by atoms with Crippen molar-refractivity contribution < 1.29 is 4.79 Å². The molecule has 0 saturated carbocycles. The smallest absolute Gasteiger partial charge is 0.228 e. The van der Waals surface area contributed by atoms with E-state index >= 15 is 0 Å².